The molecule has 0 aliphatic rings. The molecule has 8 nitrogen and oxygen atoms in total. The zero-order valence-electron chi connectivity index (χ0n) is 18.3. The van der Waals surface area contributed by atoms with Crippen LogP contribution in [0, 0.1) is 0 Å². The molecule has 5 aromatic rings. The number of aromatic amines is 1. The number of fused-ring (bicyclic) bond motifs is 2. The van der Waals surface area contributed by atoms with E-state index in [9.17, 15) is 13.2 Å². The summed E-state index contributed by atoms with van der Waals surface area (Å²) in [6.45, 7) is 0. The van der Waals surface area contributed by atoms with Crippen LogP contribution in [0.25, 0.3) is 33.2 Å². The number of carbonyl (C=O) groups is 1. The second-order valence-electron chi connectivity index (χ2n) is 7.66. The summed E-state index contributed by atoms with van der Waals surface area (Å²) in [7, 11) is -2.78. The molecule has 0 aliphatic heterocycles. The smallest absolute Gasteiger partial charge is 0.340 e. The number of rotatable bonds is 6. The van der Waals surface area contributed by atoms with E-state index >= 15 is 0 Å². The molecule has 0 spiro atoms. The Labute approximate surface area is 208 Å². The number of para-hydroxylation sites is 1. The van der Waals surface area contributed by atoms with Crippen molar-refractivity contribution in [1.29, 1.82) is 0 Å². The van der Waals surface area contributed by atoms with Crippen molar-refractivity contribution in [2.24, 2.45) is 5.73 Å². The van der Waals surface area contributed by atoms with Crippen molar-refractivity contribution in [2.45, 2.75) is 4.90 Å². The zero-order valence-corrected chi connectivity index (χ0v) is 20.7. The van der Waals surface area contributed by atoms with Gasteiger partial charge in [0.25, 0.3) is 5.91 Å². The van der Waals surface area contributed by atoms with Crippen molar-refractivity contribution in [3.63, 3.8) is 0 Å². The highest BCUT2D eigenvalue weighted by atomic mass is 79.9. The molecule has 4 aromatic carbocycles. The SMILES string of the molecule is COc1cc(-c2nc3c(C(N)=O)cccc3[nH]2)cc(Br)c1OS(=O)(=O)c1cccc2ccccc12. The molecular formula is C25H18BrN3O5S. The molecule has 3 N–H and O–H groups in total. The maximum Gasteiger partial charge on any atom is 0.340 e. The van der Waals surface area contributed by atoms with Crippen LogP contribution in [0.3, 0.4) is 0 Å². The molecule has 5 rings (SSSR count). The summed E-state index contributed by atoms with van der Waals surface area (Å²) in [5, 5.41) is 1.33. The number of methoxy groups -OCH3 is 1. The number of benzene rings is 4. The zero-order chi connectivity index (χ0) is 24.7. The van der Waals surface area contributed by atoms with E-state index in [1.807, 2.05) is 18.2 Å². The first-order chi connectivity index (χ1) is 16.8. The van der Waals surface area contributed by atoms with E-state index in [4.69, 9.17) is 14.7 Å². The van der Waals surface area contributed by atoms with Crippen LogP contribution in [0.1, 0.15) is 10.4 Å². The van der Waals surface area contributed by atoms with Gasteiger partial charge in [0.1, 0.15) is 16.2 Å². The molecule has 176 valence electrons. The summed E-state index contributed by atoms with van der Waals surface area (Å²) in [6.07, 6.45) is 0. The van der Waals surface area contributed by atoms with Gasteiger partial charge in [-0.1, -0.05) is 42.5 Å². The van der Waals surface area contributed by atoms with Gasteiger partial charge in [0.2, 0.25) is 0 Å². The third kappa shape index (κ3) is 4.11. The van der Waals surface area contributed by atoms with Crippen LogP contribution in [0.15, 0.2) is 82.2 Å². The number of primary amides is 1. The number of nitrogens with two attached hydrogens (primary N) is 1. The van der Waals surface area contributed by atoms with E-state index in [2.05, 4.69) is 25.9 Å². The summed E-state index contributed by atoms with van der Waals surface area (Å²) in [5.74, 6) is 0.0258. The van der Waals surface area contributed by atoms with E-state index in [0.29, 0.717) is 32.3 Å². The quantitative estimate of drug-likeness (QED) is 0.285. The van der Waals surface area contributed by atoms with Gasteiger partial charge in [-0.25, -0.2) is 4.98 Å². The van der Waals surface area contributed by atoms with Gasteiger partial charge in [-0.3, -0.25) is 4.79 Å². The molecule has 0 saturated carbocycles. The maximum absolute atomic E-state index is 13.2. The molecular weight excluding hydrogens is 534 g/mol. The number of hydrogen-bond acceptors (Lipinski definition) is 6. The monoisotopic (exact) mass is 551 g/mol. The lowest BCUT2D eigenvalue weighted by atomic mass is 10.1. The topological polar surface area (TPSA) is 124 Å². The molecule has 0 aliphatic carbocycles. The predicted octanol–water partition coefficient (Wildman–Crippen LogP) is 5.02. The molecule has 0 bridgehead atoms. The van der Waals surface area contributed by atoms with Crippen LogP contribution in [-0.4, -0.2) is 31.4 Å². The van der Waals surface area contributed by atoms with Gasteiger partial charge in [0, 0.05) is 10.9 Å². The first-order valence-corrected chi connectivity index (χ1v) is 12.6. The van der Waals surface area contributed by atoms with Crippen LogP contribution in [-0.2, 0) is 10.1 Å². The lowest BCUT2D eigenvalue weighted by molar-refractivity contribution is 0.100. The molecule has 0 fully saturated rings. The molecule has 10 heteroatoms. The van der Waals surface area contributed by atoms with Crippen molar-refractivity contribution >= 4 is 53.8 Å². The maximum atomic E-state index is 13.2. The second-order valence-corrected chi connectivity index (χ2v) is 10.0. The Morgan fingerprint density at radius 2 is 1.77 bits per heavy atom. The van der Waals surface area contributed by atoms with Crippen LogP contribution < -0.4 is 14.7 Å². The van der Waals surface area contributed by atoms with Crippen LogP contribution in [0.2, 0.25) is 0 Å². The van der Waals surface area contributed by atoms with Gasteiger partial charge >= 0.3 is 10.1 Å². The Morgan fingerprint density at radius 3 is 2.54 bits per heavy atom. The van der Waals surface area contributed by atoms with E-state index in [1.165, 1.54) is 13.2 Å². The number of aromatic nitrogens is 2. The van der Waals surface area contributed by atoms with Crippen molar-refractivity contribution in [2.75, 3.05) is 7.11 Å². The number of nitrogens with one attached hydrogen (secondary N) is 1. The average Bonchev–Trinajstić information content (AvgIpc) is 3.29. The lowest BCUT2D eigenvalue weighted by Crippen LogP contribution is -2.11. The highest BCUT2D eigenvalue weighted by Crippen LogP contribution is 2.41. The van der Waals surface area contributed by atoms with Gasteiger partial charge < -0.3 is 19.6 Å². The van der Waals surface area contributed by atoms with Gasteiger partial charge in [-0.2, -0.15) is 8.42 Å². The molecule has 1 heterocycles. The Kier molecular flexibility index (Phi) is 5.70. The van der Waals surface area contributed by atoms with Crippen molar-refractivity contribution in [3.05, 3.63) is 82.8 Å². The molecule has 0 atom stereocenters. The summed E-state index contributed by atoms with van der Waals surface area (Å²) >= 11 is 3.41. The largest absolute Gasteiger partial charge is 0.493 e. The third-order valence-corrected chi connectivity index (χ3v) is 7.36. The van der Waals surface area contributed by atoms with E-state index in [1.54, 1.807) is 48.5 Å². The number of amides is 1. The molecule has 0 saturated heterocycles. The first kappa shape index (κ1) is 22.9. The fraction of sp³-hybridized carbons (Fsp3) is 0.0400. The third-order valence-electron chi connectivity index (χ3n) is 5.49. The molecule has 1 aromatic heterocycles. The predicted molar refractivity (Wildman–Crippen MR) is 136 cm³/mol. The molecule has 0 radical (unpaired) electrons. The van der Waals surface area contributed by atoms with Crippen LogP contribution in [0.5, 0.6) is 11.5 Å². The van der Waals surface area contributed by atoms with Crippen LogP contribution in [0.4, 0.5) is 0 Å². The first-order valence-electron chi connectivity index (χ1n) is 10.4. The number of H-pyrrole nitrogens is 1. The van der Waals surface area contributed by atoms with Gasteiger partial charge in [-0.05, 0) is 51.6 Å². The van der Waals surface area contributed by atoms with Crippen LogP contribution >= 0.6 is 15.9 Å². The molecule has 0 unspecified atom stereocenters. The number of hydrogen-bond donors (Lipinski definition) is 2. The Bertz CT molecular complexity index is 1730. The van der Waals surface area contributed by atoms with E-state index in [0.717, 1.165) is 5.39 Å². The van der Waals surface area contributed by atoms with Gasteiger partial charge in [0.15, 0.2) is 11.5 Å². The summed E-state index contributed by atoms with van der Waals surface area (Å²) in [5.41, 5.74) is 7.40. The molecule has 35 heavy (non-hydrogen) atoms. The minimum atomic E-state index is -4.19. The lowest BCUT2D eigenvalue weighted by Gasteiger charge is -2.14. The number of carbonyl (C=O) groups excluding carboxylic acids is 1. The second kappa shape index (κ2) is 8.71. The number of imidazole rings is 1. The highest BCUT2D eigenvalue weighted by Gasteiger charge is 2.24. The molecule has 1 amide bonds. The van der Waals surface area contributed by atoms with E-state index in [-0.39, 0.29) is 22.0 Å². The normalized spacial score (nSPS) is 11.6. The summed E-state index contributed by atoms with van der Waals surface area (Å²) < 4.78 is 37.9. The average molecular weight is 552 g/mol. The fourth-order valence-electron chi connectivity index (χ4n) is 3.87. The van der Waals surface area contributed by atoms with Crippen molar-refractivity contribution in [3.8, 4) is 22.9 Å². The van der Waals surface area contributed by atoms with Gasteiger partial charge in [0.05, 0.1) is 22.7 Å². The van der Waals surface area contributed by atoms with E-state index < -0.39 is 16.0 Å². The minimum absolute atomic E-state index is 0.00174. The Balaban J connectivity index is 1.58. The summed E-state index contributed by atoms with van der Waals surface area (Å²) in [6, 6.07) is 20.5. The number of halogens is 1. The summed E-state index contributed by atoms with van der Waals surface area (Å²) in [4.78, 5) is 19.5. The number of nitrogens with zero attached hydrogens (tertiary/aromatic N) is 1. The Morgan fingerprint density at radius 1 is 1.03 bits per heavy atom. The minimum Gasteiger partial charge on any atom is -0.493 e. The number of ether oxygens (including phenoxy) is 1. The van der Waals surface area contributed by atoms with Gasteiger partial charge in [-0.15, -0.1) is 0 Å². The standard InChI is InChI=1S/C25H18BrN3O5S/c1-33-20-13-15(25-28-19-10-5-9-17(24(27)30)22(19)29-25)12-18(26)23(20)34-35(31,32)21-11-4-7-14-6-2-3-8-16(14)21/h2-13H,1H3,(H2,27,30)(H,28,29). The van der Waals surface area contributed by atoms with Crippen molar-refractivity contribution in [1.82, 2.24) is 9.97 Å². The van der Waals surface area contributed by atoms with Crippen molar-refractivity contribution < 1.29 is 22.1 Å². The Hall–Kier alpha value is -3.89. The fourth-order valence-corrected chi connectivity index (χ4v) is 5.69. The highest BCUT2D eigenvalue weighted by molar-refractivity contribution is 9.10.